The maximum atomic E-state index is 4.48. The molecule has 0 spiro atoms. The van der Waals surface area contributed by atoms with Crippen LogP contribution in [0.2, 0.25) is 0 Å². The molecule has 0 unspecified atom stereocenters. The van der Waals surface area contributed by atoms with Gasteiger partial charge in [-0.15, -0.1) is 0 Å². The first-order chi connectivity index (χ1) is 7.87. The first kappa shape index (κ1) is 12.6. The Bertz CT molecular complexity index is 385. The fourth-order valence-corrected chi connectivity index (χ4v) is 2.68. The predicted octanol–water partition coefficient (Wildman–Crippen LogP) is 2.94. The smallest absolute Gasteiger partial charge is 0.0683 e. The van der Waals surface area contributed by atoms with Crippen molar-refractivity contribution in [1.82, 2.24) is 15.1 Å². The van der Waals surface area contributed by atoms with Crippen LogP contribution >= 0.6 is 0 Å². The van der Waals surface area contributed by atoms with Gasteiger partial charge in [-0.1, -0.05) is 34.6 Å². The predicted molar refractivity (Wildman–Crippen MR) is 71.1 cm³/mol. The van der Waals surface area contributed by atoms with Crippen LogP contribution in [-0.4, -0.2) is 28.2 Å². The van der Waals surface area contributed by atoms with E-state index in [0.717, 1.165) is 19.5 Å². The van der Waals surface area contributed by atoms with E-state index in [9.17, 15) is 0 Å². The molecule has 0 amide bonds. The number of rotatable bonds is 2. The van der Waals surface area contributed by atoms with Crippen molar-refractivity contribution >= 4 is 0 Å². The zero-order valence-corrected chi connectivity index (χ0v) is 11.8. The highest BCUT2D eigenvalue weighted by Gasteiger charge is 2.25. The van der Waals surface area contributed by atoms with Crippen LogP contribution in [-0.2, 0) is 13.0 Å². The fourth-order valence-electron chi connectivity index (χ4n) is 2.68. The van der Waals surface area contributed by atoms with Crippen LogP contribution in [0.5, 0.6) is 0 Å². The third kappa shape index (κ3) is 2.89. The van der Waals surface area contributed by atoms with Gasteiger partial charge in [0.1, 0.15) is 0 Å². The van der Waals surface area contributed by atoms with Gasteiger partial charge in [-0.05, 0) is 23.3 Å². The summed E-state index contributed by atoms with van der Waals surface area (Å²) in [6.07, 6.45) is 1.15. The Morgan fingerprint density at radius 1 is 1.35 bits per heavy atom. The fraction of sp³-hybridized carbons (Fsp3) is 0.786. The third-order valence-corrected chi connectivity index (χ3v) is 3.29. The van der Waals surface area contributed by atoms with E-state index in [0.29, 0.717) is 11.3 Å². The summed E-state index contributed by atoms with van der Waals surface area (Å²) in [4.78, 5) is 2.53. The monoisotopic (exact) mass is 235 g/mol. The molecule has 0 radical (unpaired) electrons. The van der Waals surface area contributed by atoms with Crippen molar-refractivity contribution in [2.75, 3.05) is 13.1 Å². The van der Waals surface area contributed by atoms with E-state index in [1.54, 1.807) is 0 Å². The molecule has 2 heterocycles. The normalized spacial score (nSPS) is 17.5. The summed E-state index contributed by atoms with van der Waals surface area (Å²) in [5.74, 6) is 0.532. The molecule has 1 aromatic heterocycles. The van der Waals surface area contributed by atoms with Crippen molar-refractivity contribution in [2.24, 2.45) is 5.41 Å². The summed E-state index contributed by atoms with van der Waals surface area (Å²) in [6, 6.07) is 0. The summed E-state index contributed by atoms with van der Waals surface area (Å²) < 4.78 is 0. The van der Waals surface area contributed by atoms with Gasteiger partial charge >= 0.3 is 0 Å². The van der Waals surface area contributed by atoms with Gasteiger partial charge in [0.2, 0.25) is 0 Å². The molecular formula is C14H25N3. The average molecular weight is 235 g/mol. The summed E-state index contributed by atoms with van der Waals surface area (Å²) in [5.41, 5.74) is 4.46. The van der Waals surface area contributed by atoms with Crippen LogP contribution in [0.25, 0.3) is 0 Å². The quantitative estimate of drug-likeness (QED) is 0.854. The van der Waals surface area contributed by atoms with Crippen molar-refractivity contribution in [3.63, 3.8) is 0 Å². The lowest BCUT2D eigenvalue weighted by Gasteiger charge is -2.32. The molecule has 0 saturated carbocycles. The molecule has 2 rings (SSSR count). The Morgan fingerprint density at radius 3 is 2.65 bits per heavy atom. The van der Waals surface area contributed by atoms with Crippen molar-refractivity contribution in [3.05, 3.63) is 17.0 Å². The minimum Gasteiger partial charge on any atom is -0.297 e. The molecule has 0 bridgehead atoms. The Kier molecular flexibility index (Phi) is 3.30. The number of aromatic amines is 1. The summed E-state index contributed by atoms with van der Waals surface area (Å²) in [6.45, 7) is 14.7. The number of hydrogen-bond donors (Lipinski definition) is 1. The molecule has 3 heteroatoms. The lowest BCUT2D eigenvalue weighted by atomic mass is 9.93. The molecule has 3 nitrogen and oxygen atoms in total. The maximum absolute atomic E-state index is 4.48. The zero-order chi connectivity index (χ0) is 12.6. The molecule has 1 aliphatic rings. The van der Waals surface area contributed by atoms with Gasteiger partial charge in [0.05, 0.1) is 11.4 Å². The van der Waals surface area contributed by atoms with Gasteiger partial charge in [-0.25, -0.2) is 0 Å². The van der Waals surface area contributed by atoms with E-state index in [4.69, 9.17) is 0 Å². The Labute approximate surface area is 105 Å². The van der Waals surface area contributed by atoms with Crippen LogP contribution < -0.4 is 0 Å². The molecular weight excluding hydrogens is 210 g/mol. The summed E-state index contributed by atoms with van der Waals surface area (Å²) in [5, 5.41) is 7.71. The molecule has 96 valence electrons. The summed E-state index contributed by atoms with van der Waals surface area (Å²) in [7, 11) is 0. The average Bonchev–Trinajstić information content (AvgIpc) is 2.57. The number of nitrogens with zero attached hydrogens (tertiary/aromatic N) is 2. The highest BCUT2D eigenvalue weighted by atomic mass is 15.2. The number of aromatic nitrogens is 2. The highest BCUT2D eigenvalue weighted by molar-refractivity contribution is 5.29. The minimum atomic E-state index is 0.373. The SMILES string of the molecule is CC(C)c1n[nH]c2c1CCN(CC(C)(C)C)C2. The molecule has 0 saturated heterocycles. The second kappa shape index (κ2) is 4.45. The van der Waals surface area contributed by atoms with Crippen molar-refractivity contribution in [3.8, 4) is 0 Å². The van der Waals surface area contributed by atoms with Crippen LogP contribution in [0.1, 0.15) is 57.5 Å². The molecule has 17 heavy (non-hydrogen) atoms. The Hall–Kier alpha value is -0.830. The topological polar surface area (TPSA) is 31.9 Å². The first-order valence-corrected chi connectivity index (χ1v) is 6.65. The second-order valence-corrected chi connectivity index (χ2v) is 6.74. The van der Waals surface area contributed by atoms with Crippen LogP contribution in [0.15, 0.2) is 0 Å². The lowest BCUT2D eigenvalue weighted by Crippen LogP contribution is -2.36. The van der Waals surface area contributed by atoms with Gasteiger partial charge in [-0.3, -0.25) is 10.00 Å². The number of hydrogen-bond acceptors (Lipinski definition) is 2. The first-order valence-electron chi connectivity index (χ1n) is 6.65. The van der Waals surface area contributed by atoms with E-state index >= 15 is 0 Å². The van der Waals surface area contributed by atoms with Crippen LogP contribution in [0.4, 0.5) is 0 Å². The molecule has 1 aliphatic heterocycles. The molecule has 1 N–H and O–H groups in total. The van der Waals surface area contributed by atoms with Crippen molar-refractivity contribution < 1.29 is 0 Å². The van der Waals surface area contributed by atoms with E-state index in [1.807, 2.05) is 0 Å². The van der Waals surface area contributed by atoms with Crippen LogP contribution in [0.3, 0.4) is 0 Å². The van der Waals surface area contributed by atoms with E-state index < -0.39 is 0 Å². The maximum Gasteiger partial charge on any atom is 0.0683 e. The summed E-state index contributed by atoms with van der Waals surface area (Å²) >= 11 is 0. The van der Waals surface area contributed by atoms with Crippen LogP contribution in [0, 0.1) is 5.41 Å². The molecule has 0 aromatic carbocycles. The van der Waals surface area contributed by atoms with E-state index in [1.165, 1.54) is 23.5 Å². The largest absolute Gasteiger partial charge is 0.297 e. The standard InChI is InChI=1S/C14H25N3/c1-10(2)13-11-6-7-17(9-14(3,4)5)8-12(11)15-16-13/h10H,6-9H2,1-5H3,(H,15,16). The van der Waals surface area contributed by atoms with Gasteiger partial charge in [-0.2, -0.15) is 5.10 Å². The Balaban J connectivity index is 2.10. The minimum absolute atomic E-state index is 0.373. The molecule has 1 aromatic rings. The van der Waals surface area contributed by atoms with Crippen molar-refractivity contribution in [1.29, 1.82) is 0 Å². The molecule has 0 fully saturated rings. The molecule has 0 aliphatic carbocycles. The number of fused-ring (bicyclic) bond motifs is 1. The lowest BCUT2D eigenvalue weighted by molar-refractivity contribution is 0.175. The number of H-pyrrole nitrogens is 1. The zero-order valence-electron chi connectivity index (χ0n) is 11.8. The van der Waals surface area contributed by atoms with Gasteiger partial charge in [0, 0.05) is 19.6 Å². The van der Waals surface area contributed by atoms with Gasteiger partial charge in [0.25, 0.3) is 0 Å². The number of nitrogens with one attached hydrogen (secondary N) is 1. The van der Waals surface area contributed by atoms with Gasteiger partial charge in [0.15, 0.2) is 0 Å². The van der Waals surface area contributed by atoms with Crippen molar-refractivity contribution in [2.45, 2.75) is 53.5 Å². The van der Waals surface area contributed by atoms with E-state index in [-0.39, 0.29) is 0 Å². The van der Waals surface area contributed by atoms with E-state index in [2.05, 4.69) is 49.7 Å². The third-order valence-electron chi connectivity index (χ3n) is 3.29. The Morgan fingerprint density at radius 2 is 2.06 bits per heavy atom. The van der Waals surface area contributed by atoms with Gasteiger partial charge < -0.3 is 0 Å². The second-order valence-electron chi connectivity index (χ2n) is 6.74. The highest BCUT2D eigenvalue weighted by Crippen LogP contribution is 2.27. The molecule has 0 atom stereocenters.